The van der Waals surface area contributed by atoms with Crippen molar-refractivity contribution in [3.05, 3.63) is 0 Å². The molecule has 0 aromatic rings. The first-order chi connectivity index (χ1) is 8.26. The maximum absolute atomic E-state index is 12.0. The molecular formula is C10H19N3O3S2. The number of amides is 1. The molecule has 18 heavy (non-hydrogen) atoms. The van der Waals surface area contributed by atoms with Crippen LogP contribution in [0.5, 0.6) is 0 Å². The summed E-state index contributed by atoms with van der Waals surface area (Å²) in [5, 5.41) is -0.955. The van der Waals surface area contributed by atoms with Crippen LogP contribution in [0.25, 0.3) is 0 Å². The zero-order valence-electron chi connectivity index (χ0n) is 10.6. The van der Waals surface area contributed by atoms with Gasteiger partial charge in [-0.25, -0.2) is 8.42 Å². The predicted molar refractivity (Wildman–Crippen MR) is 73.6 cm³/mol. The number of thiocarbonyl (C=S) groups is 1. The van der Waals surface area contributed by atoms with E-state index in [-0.39, 0.29) is 17.4 Å². The van der Waals surface area contributed by atoms with Gasteiger partial charge in [0.15, 0.2) is 0 Å². The summed E-state index contributed by atoms with van der Waals surface area (Å²) in [6, 6.07) is 0. The van der Waals surface area contributed by atoms with Gasteiger partial charge < -0.3 is 10.6 Å². The molecule has 1 aliphatic heterocycles. The Morgan fingerprint density at radius 1 is 1.44 bits per heavy atom. The third-order valence-corrected chi connectivity index (χ3v) is 5.75. The minimum atomic E-state index is -3.64. The van der Waals surface area contributed by atoms with E-state index < -0.39 is 15.3 Å². The summed E-state index contributed by atoms with van der Waals surface area (Å²) in [5.41, 5.74) is 5.34. The van der Waals surface area contributed by atoms with Crippen LogP contribution < -0.4 is 5.73 Å². The van der Waals surface area contributed by atoms with Crippen molar-refractivity contribution in [2.45, 2.75) is 25.0 Å². The second-order valence-corrected chi connectivity index (χ2v) is 7.27. The Labute approximate surface area is 113 Å². The molecule has 1 atom stereocenters. The maximum Gasteiger partial charge on any atom is 0.237 e. The zero-order chi connectivity index (χ0) is 13.9. The van der Waals surface area contributed by atoms with E-state index in [0.717, 1.165) is 17.1 Å². The normalized spacial score (nSPS) is 18.1. The number of likely N-dealkylation sites (tertiary alicyclic amines) is 1. The SMILES string of the molecule is CC(C(N)=S)S(=O)(=O)N(C)CC(=O)N1CCCC1. The van der Waals surface area contributed by atoms with Crippen molar-refractivity contribution >= 4 is 33.1 Å². The third kappa shape index (κ3) is 3.39. The van der Waals surface area contributed by atoms with Crippen molar-refractivity contribution in [2.75, 3.05) is 26.7 Å². The third-order valence-electron chi connectivity index (χ3n) is 3.10. The van der Waals surface area contributed by atoms with Gasteiger partial charge in [0.25, 0.3) is 0 Å². The lowest BCUT2D eigenvalue weighted by Crippen LogP contribution is -2.45. The molecule has 0 saturated carbocycles. The van der Waals surface area contributed by atoms with Gasteiger partial charge in [-0.15, -0.1) is 0 Å². The molecule has 0 bridgehead atoms. The zero-order valence-corrected chi connectivity index (χ0v) is 12.3. The van der Waals surface area contributed by atoms with Crippen molar-refractivity contribution in [3.8, 4) is 0 Å². The van der Waals surface area contributed by atoms with Gasteiger partial charge >= 0.3 is 0 Å². The van der Waals surface area contributed by atoms with Gasteiger partial charge in [-0.2, -0.15) is 4.31 Å². The van der Waals surface area contributed by atoms with Gasteiger partial charge in [0.2, 0.25) is 15.9 Å². The molecule has 0 aliphatic carbocycles. The Morgan fingerprint density at radius 3 is 2.39 bits per heavy atom. The molecule has 104 valence electrons. The second-order valence-electron chi connectivity index (χ2n) is 4.43. The van der Waals surface area contributed by atoms with Crippen LogP contribution in [0.4, 0.5) is 0 Å². The number of nitrogens with zero attached hydrogens (tertiary/aromatic N) is 2. The first-order valence-corrected chi connectivity index (χ1v) is 7.70. The summed E-state index contributed by atoms with van der Waals surface area (Å²) in [4.78, 5) is 13.4. The van der Waals surface area contributed by atoms with E-state index in [9.17, 15) is 13.2 Å². The summed E-state index contributed by atoms with van der Waals surface area (Å²) < 4.78 is 25.0. The van der Waals surface area contributed by atoms with Crippen molar-refractivity contribution in [2.24, 2.45) is 5.73 Å². The summed E-state index contributed by atoms with van der Waals surface area (Å²) in [5.74, 6) is -0.172. The number of likely N-dealkylation sites (N-methyl/N-ethyl adjacent to an activating group) is 1. The number of carbonyl (C=O) groups is 1. The number of hydrogen-bond acceptors (Lipinski definition) is 4. The number of nitrogens with two attached hydrogens (primary N) is 1. The van der Waals surface area contributed by atoms with Crippen molar-refractivity contribution in [1.82, 2.24) is 9.21 Å². The van der Waals surface area contributed by atoms with Gasteiger partial charge in [0.05, 0.1) is 11.5 Å². The van der Waals surface area contributed by atoms with Crippen molar-refractivity contribution in [3.63, 3.8) is 0 Å². The molecule has 0 aromatic carbocycles. The summed E-state index contributed by atoms with van der Waals surface area (Å²) >= 11 is 4.68. The first kappa shape index (κ1) is 15.3. The minimum absolute atomic E-state index is 0.0875. The second kappa shape index (κ2) is 5.94. The van der Waals surface area contributed by atoms with Crippen LogP contribution in [0.2, 0.25) is 0 Å². The van der Waals surface area contributed by atoms with Crippen LogP contribution in [-0.2, 0) is 14.8 Å². The molecule has 1 fully saturated rings. The molecule has 0 spiro atoms. The lowest BCUT2D eigenvalue weighted by Gasteiger charge is -2.23. The van der Waals surface area contributed by atoms with Gasteiger partial charge in [-0.3, -0.25) is 4.79 Å². The molecule has 6 nitrogen and oxygen atoms in total. The fourth-order valence-electron chi connectivity index (χ4n) is 1.76. The topological polar surface area (TPSA) is 83.7 Å². The Morgan fingerprint density at radius 2 is 1.94 bits per heavy atom. The smallest absolute Gasteiger partial charge is 0.237 e. The van der Waals surface area contributed by atoms with Crippen LogP contribution in [0.15, 0.2) is 0 Å². The van der Waals surface area contributed by atoms with Crippen molar-refractivity contribution in [1.29, 1.82) is 0 Å². The monoisotopic (exact) mass is 293 g/mol. The molecule has 0 aromatic heterocycles. The highest BCUT2D eigenvalue weighted by molar-refractivity contribution is 7.92. The molecule has 1 aliphatic rings. The Kier molecular flexibility index (Phi) is 5.06. The first-order valence-electron chi connectivity index (χ1n) is 5.79. The predicted octanol–water partition coefficient (Wildman–Crippen LogP) is -0.455. The van der Waals surface area contributed by atoms with Crippen LogP contribution in [-0.4, -0.2) is 60.5 Å². The lowest BCUT2D eigenvalue weighted by atomic mass is 10.4. The Hall–Kier alpha value is -0.730. The molecule has 1 saturated heterocycles. The molecule has 8 heteroatoms. The number of carbonyl (C=O) groups excluding carboxylic acids is 1. The van der Waals surface area contributed by atoms with E-state index in [0.29, 0.717) is 13.1 Å². The maximum atomic E-state index is 12.0. The van der Waals surface area contributed by atoms with E-state index in [1.54, 1.807) is 4.90 Å². The highest BCUT2D eigenvalue weighted by Crippen LogP contribution is 2.11. The summed E-state index contributed by atoms with van der Waals surface area (Å²) in [7, 11) is -2.27. The minimum Gasteiger partial charge on any atom is -0.392 e. The lowest BCUT2D eigenvalue weighted by molar-refractivity contribution is -0.130. The van der Waals surface area contributed by atoms with Crippen molar-refractivity contribution < 1.29 is 13.2 Å². The van der Waals surface area contributed by atoms with Gasteiger partial charge in [-0.05, 0) is 19.8 Å². The Bertz CT molecular complexity index is 430. The van der Waals surface area contributed by atoms with E-state index in [1.165, 1.54) is 14.0 Å². The molecule has 1 heterocycles. The average molecular weight is 293 g/mol. The Balaban J connectivity index is 2.66. The van der Waals surface area contributed by atoms with Crippen LogP contribution in [0, 0.1) is 0 Å². The molecule has 1 unspecified atom stereocenters. The van der Waals surface area contributed by atoms with E-state index in [2.05, 4.69) is 12.2 Å². The fourth-order valence-corrected chi connectivity index (χ4v) is 3.25. The largest absolute Gasteiger partial charge is 0.392 e. The van der Waals surface area contributed by atoms with Crippen LogP contribution in [0.3, 0.4) is 0 Å². The number of hydrogen-bond donors (Lipinski definition) is 1. The quantitative estimate of drug-likeness (QED) is 0.694. The molecule has 1 amide bonds. The number of rotatable bonds is 5. The summed E-state index contributed by atoms with van der Waals surface area (Å²) in [6.07, 6.45) is 1.96. The van der Waals surface area contributed by atoms with E-state index in [4.69, 9.17) is 5.73 Å². The standard InChI is InChI=1S/C10H19N3O3S2/c1-8(10(11)17)18(15,16)12(2)7-9(14)13-5-3-4-6-13/h8H,3-7H2,1-2H3,(H2,11,17). The van der Waals surface area contributed by atoms with E-state index >= 15 is 0 Å². The van der Waals surface area contributed by atoms with Crippen LogP contribution >= 0.6 is 12.2 Å². The van der Waals surface area contributed by atoms with Crippen LogP contribution in [0.1, 0.15) is 19.8 Å². The number of sulfonamides is 1. The average Bonchev–Trinajstić information content (AvgIpc) is 2.80. The summed E-state index contributed by atoms with van der Waals surface area (Å²) in [6.45, 7) is 2.68. The van der Waals surface area contributed by atoms with Gasteiger partial charge in [0.1, 0.15) is 5.25 Å². The highest BCUT2D eigenvalue weighted by atomic mass is 32.2. The van der Waals surface area contributed by atoms with Gasteiger partial charge in [-0.1, -0.05) is 12.2 Å². The molecule has 2 N–H and O–H groups in total. The van der Waals surface area contributed by atoms with Gasteiger partial charge in [0, 0.05) is 20.1 Å². The van der Waals surface area contributed by atoms with E-state index in [1.807, 2.05) is 0 Å². The molecule has 0 radical (unpaired) electrons. The fraction of sp³-hybridized carbons (Fsp3) is 0.800. The highest BCUT2D eigenvalue weighted by Gasteiger charge is 2.30. The molecule has 1 rings (SSSR count). The molecular weight excluding hydrogens is 274 g/mol.